The molecule has 6 nitrogen and oxygen atoms in total. The second kappa shape index (κ2) is 10.1. The molecule has 3 heterocycles. The van der Waals surface area contributed by atoms with Crippen LogP contribution in [0.25, 0.3) is 27.6 Å². The number of anilines is 4. The maximum atomic E-state index is 10.00. The monoisotopic (exact) mass is 555 g/mol. The maximum absolute atomic E-state index is 10.00. The molecule has 0 spiro atoms. The fraction of sp³-hybridized carbons (Fsp3) is 0.0270. The quantitative estimate of drug-likeness (QED) is 0.212. The van der Waals surface area contributed by atoms with Gasteiger partial charge in [0.15, 0.2) is 0 Å². The van der Waals surface area contributed by atoms with Gasteiger partial charge in [0.2, 0.25) is 0 Å². The Morgan fingerprint density at radius 2 is 1.35 bits per heavy atom. The van der Waals surface area contributed by atoms with E-state index >= 15 is 0 Å². The first-order valence-electron chi connectivity index (χ1n) is 14.1. The van der Waals surface area contributed by atoms with E-state index in [9.17, 15) is 5.26 Å². The van der Waals surface area contributed by atoms with Gasteiger partial charge < -0.3 is 14.5 Å². The Kier molecular flexibility index (Phi) is 5.80. The molecule has 0 radical (unpaired) electrons. The molecule has 0 atom stereocenters. The van der Waals surface area contributed by atoms with Crippen LogP contribution in [0.3, 0.4) is 0 Å². The molecule has 0 amide bonds. The van der Waals surface area contributed by atoms with Crippen molar-refractivity contribution in [3.63, 3.8) is 0 Å². The normalized spacial score (nSPS) is 12.4. The Morgan fingerprint density at radius 1 is 0.628 bits per heavy atom. The highest BCUT2D eigenvalue weighted by Gasteiger charge is 2.28. The molecular weight excluding hydrogens is 530 g/mol. The zero-order valence-corrected chi connectivity index (χ0v) is 23.1. The molecule has 5 aromatic carbocycles. The van der Waals surface area contributed by atoms with Gasteiger partial charge >= 0.3 is 0 Å². The van der Waals surface area contributed by atoms with E-state index < -0.39 is 0 Å². The Morgan fingerprint density at radius 3 is 2.14 bits per heavy atom. The van der Waals surface area contributed by atoms with Crippen molar-refractivity contribution in [1.82, 2.24) is 9.55 Å². The Labute approximate surface area is 248 Å². The van der Waals surface area contributed by atoms with Crippen molar-refractivity contribution in [3.8, 4) is 23.4 Å². The van der Waals surface area contributed by atoms with E-state index in [0.717, 1.165) is 50.4 Å². The molecule has 6 heteroatoms. The minimum absolute atomic E-state index is 0.474. The number of aromatic nitrogens is 2. The third-order valence-electron chi connectivity index (χ3n) is 7.96. The highest BCUT2D eigenvalue weighted by Crippen LogP contribution is 2.45. The summed E-state index contributed by atoms with van der Waals surface area (Å²) in [5, 5.41) is 12.2. The molecule has 1 aliphatic heterocycles. The summed E-state index contributed by atoms with van der Waals surface area (Å²) < 4.78 is 8.65. The van der Waals surface area contributed by atoms with Gasteiger partial charge in [-0.2, -0.15) is 5.26 Å². The van der Waals surface area contributed by atoms with Gasteiger partial charge in [-0.15, -0.1) is 0 Å². The van der Waals surface area contributed by atoms with Crippen LogP contribution < -0.4 is 14.5 Å². The fourth-order valence-corrected chi connectivity index (χ4v) is 5.99. The molecule has 2 aromatic heterocycles. The van der Waals surface area contributed by atoms with Crippen molar-refractivity contribution < 1.29 is 4.74 Å². The number of para-hydroxylation sites is 4. The number of fused-ring (bicyclic) bond motifs is 4. The number of nitrogens with zero attached hydrogens (tertiary/aromatic N) is 5. The smallest absolute Gasteiger partial charge is 0.147 e. The van der Waals surface area contributed by atoms with E-state index in [2.05, 4.69) is 98.2 Å². The molecule has 0 saturated heterocycles. The number of ether oxygens (including phenoxy) is 1. The van der Waals surface area contributed by atoms with E-state index in [4.69, 9.17) is 4.74 Å². The van der Waals surface area contributed by atoms with Crippen molar-refractivity contribution in [2.45, 2.75) is 0 Å². The topological polar surface area (TPSA) is 57.3 Å². The lowest BCUT2D eigenvalue weighted by molar-refractivity contribution is 0.482. The van der Waals surface area contributed by atoms with Crippen molar-refractivity contribution in [2.24, 2.45) is 0 Å². The first-order valence-corrected chi connectivity index (χ1v) is 14.1. The second-order valence-electron chi connectivity index (χ2n) is 10.4. The third-order valence-corrected chi connectivity index (χ3v) is 7.96. The number of rotatable bonds is 5. The zero-order chi connectivity index (χ0) is 28.8. The van der Waals surface area contributed by atoms with Gasteiger partial charge in [-0.1, -0.05) is 54.6 Å². The number of nitriles is 1. The van der Waals surface area contributed by atoms with Crippen LogP contribution >= 0.6 is 0 Å². The highest BCUT2D eigenvalue weighted by atomic mass is 16.5. The largest absolute Gasteiger partial charge is 0.456 e. The minimum Gasteiger partial charge on any atom is -0.456 e. The molecule has 204 valence electrons. The first-order chi connectivity index (χ1) is 21.3. The van der Waals surface area contributed by atoms with Crippen LogP contribution in [0.5, 0.6) is 11.5 Å². The minimum atomic E-state index is 0.474. The lowest BCUT2D eigenvalue weighted by Crippen LogP contribution is -2.23. The summed E-state index contributed by atoms with van der Waals surface area (Å²) >= 11 is 0. The summed E-state index contributed by atoms with van der Waals surface area (Å²) in [6.45, 7) is 0.644. The van der Waals surface area contributed by atoms with Gasteiger partial charge in [0.1, 0.15) is 30.1 Å². The molecular formula is C37H25N5O. The zero-order valence-electron chi connectivity index (χ0n) is 23.1. The average Bonchev–Trinajstić information content (AvgIpc) is 3.62. The molecule has 0 saturated carbocycles. The van der Waals surface area contributed by atoms with Gasteiger partial charge in [0.25, 0.3) is 0 Å². The summed E-state index contributed by atoms with van der Waals surface area (Å²) in [6, 6.07) is 47.2. The lowest BCUT2D eigenvalue weighted by atomic mass is 10.1. The van der Waals surface area contributed by atoms with E-state index in [-0.39, 0.29) is 0 Å². The fourth-order valence-electron chi connectivity index (χ4n) is 5.99. The van der Waals surface area contributed by atoms with E-state index in [1.807, 2.05) is 60.7 Å². The van der Waals surface area contributed by atoms with Gasteiger partial charge in [0.05, 0.1) is 28.0 Å². The summed E-state index contributed by atoms with van der Waals surface area (Å²) in [6.07, 6.45) is 1.80. The predicted molar refractivity (Wildman–Crippen MR) is 172 cm³/mol. The lowest BCUT2D eigenvalue weighted by Gasteiger charge is -2.22. The van der Waals surface area contributed by atoms with Gasteiger partial charge in [-0.3, -0.25) is 4.57 Å². The number of hydrogen-bond acceptors (Lipinski definition) is 5. The third kappa shape index (κ3) is 4.14. The first kappa shape index (κ1) is 24.7. The molecule has 0 unspecified atom stereocenters. The van der Waals surface area contributed by atoms with Crippen LogP contribution in [0.4, 0.5) is 22.7 Å². The highest BCUT2D eigenvalue weighted by molar-refractivity contribution is 6.09. The van der Waals surface area contributed by atoms with E-state index in [1.165, 1.54) is 0 Å². The standard InChI is InChI=1S/C37H25N5O/c38-24-26-17-18-28(41-25-40(27-10-2-1-3-11-27)33-14-6-7-15-34(33)41)22-36(26)43-29-19-20-31-30-12-4-5-13-32(30)42(35(31)23-29)37-16-8-9-21-39-37/h1-23H,25H2. The van der Waals surface area contributed by atoms with Gasteiger partial charge in [-0.25, -0.2) is 4.98 Å². The predicted octanol–water partition coefficient (Wildman–Crippen LogP) is 9.09. The van der Waals surface area contributed by atoms with Crippen molar-refractivity contribution in [2.75, 3.05) is 16.5 Å². The number of pyridine rings is 1. The molecule has 43 heavy (non-hydrogen) atoms. The van der Waals surface area contributed by atoms with Crippen LogP contribution in [-0.4, -0.2) is 16.2 Å². The molecule has 0 bridgehead atoms. The maximum Gasteiger partial charge on any atom is 0.147 e. The van der Waals surface area contributed by atoms with Crippen LogP contribution in [0.1, 0.15) is 5.56 Å². The summed E-state index contributed by atoms with van der Waals surface area (Å²) in [5.74, 6) is 1.99. The molecule has 8 rings (SSSR count). The SMILES string of the molecule is N#Cc1ccc(N2CN(c3ccccc3)c3ccccc32)cc1Oc1ccc2c3ccccc3n(-c3ccccn3)c2c1. The molecule has 7 aromatic rings. The van der Waals surface area contributed by atoms with Crippen LogP contribution in [0.15, 0.2) is 140 Å². The molecule has 0 N–H and O–H groups in total. The Bertz CT molecular complexity index is 2170. The van der Waals surface area contributed by atoms with Crippen LogP contribution in [0, 0.1) is 11.3 Å². The van der Waals surface area contributed by atoms with Gasteiger partial charge in [-0.05, 0) is 66.7 Å². The molecule has 1 aliphatic rings. The molecule has 0 aliphatic carbocycles. The Balaban J connectivity index is 1.20. The summed E-state index contributed by atoms with van der Waals surface area (Å²) in [5.41, 5.74) is 6.84. The summed E-state index contributed by atoms with van der Waals surface area (Å²) in [4.78, 5) is 9.17. The van der Waals surface area contributed by atoms with Crippen molar-refractivity contribution in [1.29, 1.82) is 5.26 Å². The molecule has 0 fully saturated rings. The van der Waals surface area contributed by atoms with E-state index in [1.54, 1.807) is 6.20 Å². The summed E-state index contributed by atoms with van der Waals surface area (Å²) in [7, 11) is 0. The van der Waals surface area contributed by atoms with Crippen LogP contribution in [0.2, 0.25) is 0 Å². The van der Waals surface area contributed by atoms with Crippen molar-refractivity contribution >= 4 is 44.6 Å². The second-order valence-corrected chi connectivity index (χ2v) is 10.4. The van der Waals surface area contributed by atoms with Crippen LogP contribution in [-0.2, 0) is 0 Å². The Hall–Kier alpha value is -6.06. The van der Waals surface area contributed by atoms with Gasteiger partial charge in [0, 0.05) is 40.5 Å². The number of benzene rings is 5. The van der Waals surface area contributed by atoms with E-state index in [0.29, 0.717) is 23.7 Å². The average molecular weight is 556 g/mol. The van der Waals surface area contributed by atoms with Crippen molar-refractivity contribution in [3.05, 3.63) is 145 Å². The number of hydrogen-bond donors (Lipinski definition) is 0.